The number of carbonyl (C=O) groups is 1. The first-order chi connectivity index (χ1) is 9.50. The third-order valence-corrected chi connectivity index (χ3v) is 2.17. The zero-order valence-electron chi connectivity index (χ0n) is 10.9. The molecule has 8 heteroatoms. The molecule has 0 aromatic heterocycles. The minimum atomic E-state index is -0.609. The van der Waals surface area contributed by atoms with E-state index in [9.17, 15) is 20.0 Å². The van der Waals surface area contributed by atoms with Crippen LogP contribution >= 0.6 is 0 Å². The summed E-state index contributed by atoms with van der Waals surface area (Å²) in [5.74, 6) is -0.543. The second-order valence-corrected chi connectivity index (χ2v) is 3.71. The smallest absolute Gasteiger partial charge is 0.302 e. The van der Waals surface area contributed by atoms with Crippen molar-refractivity contribution < 1.29 is 29.0 Å². The molecule has 0 spiro atoms. The number of nitro groups is 1. The summed E-state index contributed by atoms with van der Waals surface area (Å²) in [6.45, 7) is 2.11. The van der Waals surface area contributed by atoms with Gasteiger partial charge in [0, 0.05) is 13.0 Å². The average molecular weight is 285 g/mol. The minimum absolute atomic E-state index is 0.138. The topological polar surface area (TPSA) is 108 Å². The molecule has 1 rings (SSSR count). The number of nitro benzene ring substituents is 1. The summed E-state index contributed by atoms with van der Waals surface area (Å²) in [6, 6.07) is 3.56. The highest BCUT2D eigenvalue weighted by atomic mass is 16.6. The third kappa shape index (κ3) is 5.53. The maximum atomic E-state index is 10.5. The van der Waals surface area contributed by atoms with Gasteiger partial charge in [0.2, 0.25) is 0 Å². The van der Waals surface area contributed by atoms with Crippen LogP contribution in [0.5, 0.6) is 11.5 Å². The maximum absolute atomic E-state index is 10.5. The lowest BCUT2D eigenvalue weighted by Gasteiger charge is -2.08. The number of hydrogen-bond donors (Lipinski definition) is 1. The maximum Gasteiger partial charge on any atom is 0.302 e. The van der Waals surface area contributed by atoms with E-state index in [2.05, 4.69) is 4.74 Å². The number of rotatable bonds is 8. The molecule has 1 N–H and O–H groups in total. The summed E-state index contributed by atoms with van der Waals surface area (Å²) >= 11 is 0. The van der Waals surface area contributed by atoms with Crippen LogP contribution in [0.4, 0.5) is 5.69 Å². The zero-order valence-corrected chi connectivity index (χ0v) is 10.9. The van der Waals surface area contributed by atoms with Gasteiger partial charge in [-0.25, -0.2) is 0 Å². The summed E-state index contributed by atoms with van der Waals surface area (Å²) in [5.41, 5.74) is -0.215. The fourth-order valence-corrected chi connectivity index (χ4v) is 1.30. The number of phenols is 1. The number of esters is 1. The van der Waals surface area contributed by atoms with Crippen molar-refractivity contribution in [2.45, 2.75) is 6.92 Å². The molecule has 110 valence electrons. The molecule has 0 amide bonds. The number of nitrogens with zero attached hydrogens (tertiary/aromatic N) is 1. The van der Waals surface area contributed by atoms with Crippen molar-refractivity contribution in [2.24, 2.45) is 0 Å². The van der Waals surface area contributed by atoms with Crippen molar-refractivity contribution in [3.8, 4) is 11.5 Å². The van der Waals surface area contributed by atoms with Crippen LogP contribution in [0.1, 0.15) is 6.92 Å². The van der Waals surface area contributed by atoms with Crippen LogP contribution in [-0.2, 0) is 14.3 Å². The van der Waals surface area contributed by atoms with Gasteiger partial charge in [0.1, 0.15) is 13.2 Å². The monoisotopic (exact) mass is 285 g/mol. The summed E-state index contributed by atoms with van der Waals surface area (Å²) in [4.78, 5) is 20.3. The number of hydrogen-bond acceptors (Lipinski definition) is 7. The molecule has 1 aromatic rings. The van der Waals surface area contributed by atoms with Crippen molar-refractivity contribution in [1.29, 1.82) is 0 Å². The molecule has 1 aromatic carbocycles. The number of benzene rings is 1. The molecular weight excluding hydrogens is 270 g/mol. The Labute approximate surface area is 115 Å². The van der Waals surface area contributed by atoms with E-state index in [0.29, 0.717) is 0 Å². The number of non-ortho nitro benzene ring substituents is 1. The highest BCUT2D eigenvalue weighted by molar-refractivity contribution is 5.65. The van der Waals surface area contributed by atoms with E-state index in [1.54, 1.807) is 0 Å². The number of carbonyl (C=O) groups excluding carboxylic acids is 1. The van der Waals surface area contributed by atoms with Crippen LogP contribution in [-0.4, -0.2) is 42.4 Å². The van der Waals surface area contributed by atoms with E-state index >= 15 is 0 Å². The molecule has 20 heavy (non-hydrogen) atoms. The van der Waals surface area contributed by atoms with Crippen LogP contribution in [0.3, 0.4) is 0 Å². The normalized spacial score (nSPS) is 10.1. The summed E-state index contributed by atoms with van der Waals surface area (Å²) < 4.78 is 15.0. The SMILES string of the molecule is CC(=O)OCCOCCOc1ccc([N+](=O)[O-])cc1O. The van der Waals surface area contributed by atoms with Crippen LogP contribution in [0.2, 0.25) is 0 Å². The highest BCUT2D eigenvalue weighted by Gasteiger charge is 2.10. The highest BCUT2D eigenvalue weighted by Crippen LogP contribution is 2.29. The molecule has 0 heterocycles. The average Bonchev–Trinajstić information content (AvgIpc) is 2.38. The largest absolute Gasteiger partial charge is 0.504 e. The van der Waals surface area contributed by atoms with E-state index in [0.717, 1.165) is 6.07 Å². The molecule has 0 radical (unpaired) electrons. The van der Waals surface area contributed by atoms with Crippen molar-refractivity contribution in [3.63, 3.8) is 0 Å². The van der Waals surface area contributed by atoms with E-state index in [-0.39, 0.29) is 49.6 Å². The van der Waals surface area contributed by atoms with Gasteiger partial charge in [-0.1, -0.05) is 0 Å². The quantitative estimate of drug-likeness (QED) is 0.331. The first-order valence-corrected chi connectivity index (χ1v) is 5.82. The summed E-state index contributed by atoms with van der Waals surface area (Å²) in [7, 11) is 0. The van der Waals surface area contributed by atoms with Crippen molar-refractivity contribution >= 4 is 11.7 Å². The van der Waals surface area contributed by atoms with Gasteiger partial charge in [-0.2, -0.15) is 0 Å². The number of phenolic OH excluding ortho intramolecular Hbond substituents is 1. The Morgan fingerprint density at radius 1 is 1.30 bits per heavy atom. The molecule has 0 unspecified atom stereocenters. The van der Waals surface area contributed by atoms with Gasteiger partial charge in [0.05, 0.1) is 24.2 Å². The Balaban J connectivity index is 2.25. The van der Waals surface area contributed by atoms with Gasteiger partial charge in [0.15, 0.2) is 11.5 Å². The van der Waals surface area contributed by atoms with Gasteiger partial charge in [-0.05, 0) is 6.07 Å². The molecule has 0 saturated carbocycles. The third-order valence-electron chi connectivity index (χ3n) is 2.17. The first kappa shape index (κ1) is 15.7. The van der Waals surface area contributed by atoms with Crippen LogP contribution < -0.4 is 4.74 Å². The van der Waals surface area contributed by atoms with Crippen LogP contribution in [0.25, 0.3) is 0 Å². The van der Waals surface area contributed by atoms with E-state index in [1.807, 2.05) is 0 Å². The minimum Gasteiger partial charge on any atom is -0.504 e. The van der Waals surface area contributed by atoms with Crippen molar-refractivity contribution in [3.05, 3.63) is 28.3 Å². The summed E-state index contributed by atoms with van der Waals surface area (Å²) in [5, 5.41) is 20.0. The molecule has 0 atom stereocenters. The number of ether oxygens (including phenoxy) is 3. The second-order valence-electron chi connectivity index (χ2n) is 3.71. The standard InChI is InChI=1S/C12H15NO7/c1-9(14)19-6-4-18-5-7-20-12-3-2-10(13(16)17)8-11(12)15/h2-3,8,15H,4-7H2,1H3. The van der Waals surface area contributed by atoms with Gasteiger partial charge >= 0.3 is 5.97 Å². The van der Waals surface area contributed by atoms with Gasteiger partial charge in [-0.15, -0.1) is 0 Å². The predicted molar refractivity (Wildman–Crippen MR) is 67.7 cm³/mol. The molecule has 8 nitrogen and oxygen atoms in total. The molecule has 0 saturated heterocycles. The fourth-order valence-electron chi connectivity index (χ4n) is 1.30. The lowest BCUT2D eigenvalue weighted by molar-refractivity contribution is -0.385. The van der Waals surface area contributed by atoms with Crippen LogP contribution in [0.15, 0.2) is 18.2 Å². The zero-order chi connectivity index (χ0) is 15.0. The molecular formula is C12H15NO7. The Hall–Kier alpha value is -2.35. The Kier molecular flexibility index (Phi) is 6.24. The lowest BCUT2D eigenvalue weighted by atomic mass is 10.3. The van der Waals surface area contributed by atoms with Crippen molar-refractivity contribution in [1.82, 2.24) is 0 Å². The Morgan fingerprint density at radius 3 is 2.60 bits per heavy atom. The Bertz CT molecular complexity index is 475. The van der Waals surface area contributed by atoms with E-state index in [1.165, 1.54) is 19.1 Å². The molecule has 0 fully saturated rings. The van der Waals surface area contributed by atoms with Crippen LogP contribution in [0, 0.1) is 10.1 Å². The molecule has 0 aliphatic rings. The summed E-state index contributed by atoms with van der Waals surface area (Å²) in [6.07, 6.45) is 0. The first-order valence-electron chi connectivity index (χ1n) is 5.82. The van der Waals surface area contributed by atoms with Crippen molar-refractivity contribution in [2.75, 3.05) is 26.4 Å². The van der Waals surface area contributed by atoms with E-state index in [4.69, 9.17) is 9.47 Å². The van der Waals surface area contributed by atoms with E-state index < -0.39 is 4.92 Å². The fraction of sp³-hybridized carbons (Fsp3) is 0.417. The molecule has 0 aliphatic carbocycles. The second kappa shape index (κ2) is 7.95. The number of aromatic hydroxyl groups is 1. The molecule has 0 aliphatic heterocycles. The van der Waals surface area contributed by atoms with Gasteiger partial charge < -0.3 is 19.3 Å². The Morgan fingerprint density at radius 2 is 2.00 bits per heavy atom. The van der Waals surface area contributed by atoms with Gasteiger partial charge in [0.25, 0.3) is 5.69 Å². The van der Waals surface area contributed by atoms with Gasteiger partial charge in [-0.3, -0.25) is 14.9 Å². The molecule has 0 bridgehead atoms. The lowest BCUT2D eigenvalue weighted by Crippen LogP contribution is -2.12. The predicted octanol–water partition coefficient (Wildman–Crippen LogP) is 1.26.